The van der Waals surface area contributed by atoms with Gasteiger partial charge in [0.15, 0.2) is 0 Å². The third-order valence-corrected chi connectivity index (χ3v) is 9.65. The van der Waals surface area contributed by atoms with Crippen molar-refractivity contribution in [2.45, 2.75) is 63.2 Å². The van der Waals surface area contributed by atoms with Crippen LogP contribution in [-0.4, -0.2) is 86.9 Å². The molecule has 3 N–H and O–H groups in total. The molecule has 260 valence electrons. The second kappa shape index (κ2) is 16.8. The number of urea groups is 1. The number of fused-ring (bicyclic) bond motifs is 1. The third-order valence-electron chi connectivity index (χ3n) is 8.25. The molecule has 0 spiro atoms. The quantitative estimate of drug-likeness (QED) is 0.282. The summed E-state index contributed by atoms with van der Waals surface area (Å²) in [6.07, 6.45) is 1.50. The molecule has 0 radical (unpaired) electrons. The van der Waals surface area contributed by atoms with Gasteiger partial charge in [-0.1, -0.05) is 25.1 Å². The molecule has 13 heteroatoms. The molecule has 0 fully saturated rings. The van der Waals surface area contributed by atoms with E-state index in [0.717, 1.165) is 37.1 Å². The van der Waals surface area contributed by atoms with E-state index in [4.69, 9.17) is 9.47 Å². The molecule has 0 unspecified atom stereocenters. The number of carbonyl (C=O) groups is 2. The smallest absolute Gasteiger partial charge is 0.321 e. The Morgan fingerprint density at radius 1 is 1.06 bits per heavy atom. The Hall–Kier alpha value is -4.20. The Labute approximate surface area is 282 Å². The number of carbonyl (C=O) groups excluding carboxylic acids is 2. The monoisotopic (exact) mass is 684 g/mol. The van der Waals surface area contributed by atoms with Crippen molar-refractivity contribution in [3.05, 3.63) is 84.2 Å². The Kier molecular flexibility index (Phi) is 12.8. The molecule has 3 aromatic rings. The zero-order chi connectivity index (χ0) is 34.8. The standard InChI is InChI=1S/C35H45FN4O7S/c1-24-21-40(25(2)23-41)34(42)31-20-29(38-48(44,45)30-16-13-27(36)14-17-30)15-18-32(31)47-26(3)10-8-9-19-46-33(24)22-39(4)35(43)37-28-11-6-5-7-12-28/h5-7,11-18,20,24-26,33,38,41H,8-10,19,21-23H2,1-4H3,(H,37,43)/t24-,25-,26+,33+/m1/s1. The Morgan fingerprint density at radius 3 is 2.46 bits per heavy atom. The lowest BCUT2D eigenvalue weighted by atomic mass is 10.0. The van der Waals surface area contributed by atoms with Crippen molar-refractivity contribution in [3.8, 4) is 5.75 Å². The molecule has 1 heterocycles. The van der Waals surface area contributed by atoms with Crippen LogP contribution in [-0.2, 0) is 14.8 Å². The minimum atomic E-state index is -4.10. The summed E-state index contributed by atoms with van der Waals surface area (Å²) in [5.41, 5.74) is 0.889. The first-order valence-electron chi connectivity index (χ1n) is 16.1. The fourth-order valence-electron chi connectivity index (χ4n) is 5.37. The Bertz CT molecular complexity index is 1630. The molecule has 4 atom stereocenters. The number of sulfonamides is 1. The zero-order valence-corrected chi connectivity index (χ0v) is 28.6. The number of anilines is 2. The number of para-hydroxylation sites is 1. The van der Waals surface area contributed by atoms with Crippen LogP contribution >= 0.6 is 0 Å². The van der Waals surface area contributed by atoms with Gasteiger partial charge in [0, 0.05) is 44.0 Å². The number of nitrogens with zero attached hydrogens (tertiary/aromatic N) is 2. The number of halogens is 1. The first-order valence-corrected chi connectivity index (χ1v) is 17.6. The topological polar surface area (TPSA) is 138 Å². The summed E-state index contributed by atoms with van der Waals surface area (Å²) >= 11 is 0. The molecule has 0 saturated carbocycles. The van der Waals surface area contributed by atoms with Gasteiger partial charge in [0.05, 0.1) is 35.3 Å². The van der Waals surface area contributed by atoms with Crippen LogP contribution in [0.25, 0.3) is 0 Å². The van der Waals surface area contributed by atoms with Gasteiger partial charge in [-0.3, -0.25) is 9.52 Å². The highest BCUT2D eigenvalue weighted by atomic mass is 32.2. The maximum absolute atomic E-state index is 14.3. The number of likely N-dealkylation sites (N-methyl/N-ethyl adjacent to an activating group) is 1. The highest BCUT2D eigenvalue weighted by molar-refractivity contribution is 7.92. The average molecular weight is 685 g/mol. The summed E-state index contributed by atoms with van der Waals surface area (Å²) in [7, 11) is -2.42. The van der Waals surface area contributed by atoms with Crippen LogP contribution in [0.1, 0.15) is 50.4 Å². The fraction of sp³-hybridized carbons (Fsp3) is 0.429. The van der Waals surface area contributed by atoms with Crippen molar-refractivity contribution >= 4 is 33.3 Å². The maximum atomic E-state index is 14.3. The van der Waals surface area contributed by atoms with Gasteiger partial charge in [-0.25, -0.2) is 17.6 Å². The Balaban J connectivity index is 1.63. The van der Waals surface area contributed by atoms with Crippen LogP contribution in [0.4, 0.5) is 20.6 Å². The van der Waals surface area contributed by atoms with Crippen molar-refractivity contribution in [2.75, 3.05) is 43.4 Å². The van der Waals surface area contributed by atoms with E-state index in [1.54, 1.807) is 37.1 Å². The highest BCUT2D eigenvalue weighted by Crippen LogP contribution is 2.29. The molecular weight excluding hydrogens is 639 g/mol. The summed E-state index contributed by atoms with van der Waals surface area (Å²) in [6, 6.07) is 17.1. The number of benzene rings is 3. The molecule has 0 aromatic heterocycles. The van der Waals surface area contributed by atoms with Crippen LogP contribution < -0.4 is 14.8 Å². The lowest BCUT2D eigenvalue weighted by molar-refractivity contribution is -0.0115. The van der Waals surface area contributed by atoms with E-state index in [-0.39, 0.29) is 59.6 Å². The van der Waals surface area contributed by atoms with Crippen molar-refractivity contribution < 1.29 is 37.0 Å². The number of aliphatic hydroxyl groups excluding tert-OH is 1. The first-order chi connectivity index (χ1) is 22.9. The van der Waals surface area contributed by atoms with Gasteiger partial charge in [-0.2, -0.15) is 0 Å². The van der Waals surface area contributed by atoms with E-state index in [1.807, 2.05) is 32.0 Å². The second-order valence-corrected chi connectivity index (χ2v) is 13.9. The minimum Gasteiger partial charge on any atom is -0.490 e. The van der Waals surface area contributed by atoms with Crippen molar-refractivity contribution in [1.29, 1.82) is 0 Å². The number of aliphatic hydroxyl groups is 1. The van der Waals surface area contributed by atoms with Gasteiger partial charge in [0.25, 0.3) is 15.9 Å². The molecule has 0 bridgehead atoms. The number of hydrogen-bond donors (Lipinski definition) is 3. The molecule has 0 aliphatic carbocycles. The van der Waals surface area contributed by atoms with Gasteiger partial charge < -0.3 is 29.7 Å². The number of nitrogens with one attached hydrogen (secondary N) is 2. The minimum absolute atomic E-state index is 0.112. The molecular formula is C35H45FN4O7S. The van der Waals surface area contributed by atoms with E-state index >= 15 is 0 Å². The van der Waals surface area contributed by atoms with E-state index < -0.39 is 33.9 Å². The highest BCUT2D eigenvalue weighted by Gasteiger charge is 2.31. The van der Waals surface area contributed by atoms with Crippen molar-refractivity contribution in [3.63, 3.8) is 0 Å². The molecule has 0 saturated heterocycles. The summed E-state index contributed by atoms with van der Waals surface area (Å²) in [5.74, 6) is -1.04. The number of hydrogen-bond acceptors (Lipinski definition) is 7. The van der Waals surface area contributed by atoms with Gasteiger partial charge in [0.1, 0.15) is 11.6 Å². The summed E-state index contributed by atoms with van der Waals surface area (Å²) in [6.45, 7) is 6.08. The van der Waals surface area contributed by atoms with E-state index in [1.165, 1.54) is 17.0 Å². The fourth-order valence-corrected chi connectivity index (χ4v) is 6.42. The number of amides is 3. The van der Waals surface area contributed by atoms with E-state index in [0.29, 0.717) is 18.7 Å². The zero-order valence-electron chi connectivity index (χ0n) is 27.8. The second-order valence-electron chi connectivity index (χ2n) is 12.2. The predicted octanol–water partition coefficient (Wildman–Crippen LogP) is 5.59. The van der Waals surface area contributed by atoms with Crippen LogP contribution in [0.3, 0.4) is 0 Å². The Morgan fingerprint density at radius 2 is 1.77 bits per heavy atom. The average Bonchev–Trinajstić information content (AvgIpc) is 3.06. The summed E-state index contributed by atoms with van der Waals surface area (Å²) in [4.78, 5) is 30.3. The van der Waals surface area contributed by atoms with Crippen LogP contribution in [0.5, 0.6) is 5.75 Å². The normalized spacial score (nSPS) is 20.1. The molecule has 1 aliphatic rings. The van der Waals surface area contributed by atoms with Gasteiger partial charge in [-0.15, -0.1) is 0 Å². The summed E-state index contributed by atoms with van der Waals surface area (Å²) in [5, 5.41) is 13.1. The first kappa shape index (κ1) is 36.6. The van der Waals surface area contributed by atoms with Crippen LogP contribution in [0, 0.1) is 11.7 Å². The number of ether oxygens (including phenoxy) is 2. The molecule has 4 rings (SSSR count). The third kappa shape index (κ3) is 9.91. The lowest BCUT2D eigenvalue weighted by Gasteiger charge is -2.35. The van der Waals surface area contributed by atoms with Crippen molar-refractivity contribution in [1.82, 2.24) is 9.80 Å². The van der Waals surface area contributed by atoms with E-state index in [9.17, 15) is 27.5 Å². The molecule has 3 amide bonds. The molecule has 1 aliphatic heterocycles. The van der Waals surface area contributed by atoms with Crippen molar-refractivity contribution in [2.24, 2.45) is 5.92 Å². The molecule has 3 aromatic carbocycles. The molecule has 48 heavy (non-hydrogen) atoms. The van der Waals surface area contributed by atoms with Crippen LogP contribution in [0.2, 0.25) is 0 Å². The number of rotatable bonds is 8. The van der Waals surface area contributed by atoms with Gasteiger partial charge in [0.2, 0.25) is 0 Å². The predicted molar refractivity (Wildman–Crippen MR) is 182 cm³/mol. The maximum Gasteiger partial charge on any atom is 0.321 e. The largest absolute Gasteiger partial charge is 0.490 e. The van der Waals surface area contributed by atoms with Gasteiger partial charge >= 0.3 is 6.03 Å². The van der Waals surface area contributed by atoms with Crippen LogP contribution in [0.15, 0.2) is 77.7 Å². The lowest BCUT2D eigenvalue weighted by Crippen LogP contribution is -2.48. The summed E-state index contributed by atoms with van der Waals surface area (Å²) < 4.78 is 54.6. The SMILES string of the molecule is C[C@@H]1CN([C@H](C)CO)C(=O)c2cc(NS(=O)(=O)c3ccc(F)cc3)ccc2O[C@@H](C)CCCCO[C@H]1CN(C)C(=O)Nc1ccccc1. The van der Waals surface area contributed by atoms with Gasteiger partial charge in [-0.05, 0) is 87.7 Å². The van der Waals surface area contributed by atoms with E-state index in [2.05, 4.69) is 10.0 Å². The molecule has 11 nitrogen and oxygen atoms in total.